The highest BCUT2D eigenvalue weighted by Gasteiger charge is 2.01. The fraction of sp³-hybridized carbons (Fsp3) is 0.308. The topological polar surface area (TPSA) is 109 Å². The van der Waals surface area contributed by atoms with Gasteiger partial charge in [-0.3, -0.25) is 4.98 Å². The number of aliphatic hydroxyl groups excluding tert-OH is 1. The highest BCUT2D eigenvalue weighted by molar-refractivity contribution is 6.31. The van der Waals surface area contributed by atoms with Gasteiger partial charge in [-0.05, 0) is 37.1 Å². The first-order chi connectivity index (χ1) is 10.0. The average molecular weight is 314 g/mol. The van der Waals surface area contributed by atoms with Crippen LogP contribution in [-0.4, -0.2) is 33.5 Å². The summed E-state index contributed by atoms with van der Waals surface area (Å²) in [6, 6.07) is 7.65. The molecule has 1 heterocycles. The van der Waals surface area contributed by atoms with Crippen LogP contribution >= 0.6 is 11.6 Å². The molecule has 0 spiro atoms. The van der Waals surface area contributed by atoms with Gasteiger partial charge in [0, 0.05) is 35.4 Å². The standard InChI is InChI=1S/C13H15ClN2O.HNO3/c14-10-3-4-11-12(15-6-1-2-8-17)5-7-16-13(11)9-10;2-1(3)4/h3-5,7,9,17H,1-2,6,8H2,(H,15,16);(H,2,3,4). The molecule has 0 atom stereocenters. The molecule has 0 bridgehead atoms. The first-order valence-corrected chi connectivity index (χ1v) is 6.64. The maximum atomic E-state index is 8.71. The monoisotopic (exact) mass is 313 g/mol. The van der Waals surface area contributed by atoms with Crippen molar-refractivity contribution in [2.75, 3.05) is 18.5 Å². The molecule has 0 saturated carbocycles. The molecule has 0 unspecified atom stereocenters. The number of rotatable bonds is 5. The number of fused-ring (bicyclic) bond motifs is 1. The van der Waals surface area contributed by atoms with E-state index in [9.17, 15) is 0 Å². The summed E-state index contributed by atoms with van der Waals surface area (Å²) in [7, 11) is 0. The lowest BCUT2D eigenvalue weighted by Gasteiger charge is -2.09. The minimum Gasteiger partial charge on any atom is -0.396 e. The molecule has 3 N–H and O–H groups in total. The van der Waals surface area contributed by atoms with Crippen LogP contribution in [0.1, 0.15) is 12.8 Å². The van der Waals surface area contributed by atoms with Crippen molar-refractivity contribution in [1.29, 1.82) is 0 Å². The van der Waals surface area contributed by atoms with Crippen LogP contribution in [0.3, 0.4) is 0 Å². The van der Waals surface area contributed by atoms with Gasteiger partial charge in [-0.15, -0.1) is 10.1 Å². The molecule has 0 aliphatic rings. The van der Waals surface area contributed by atoms with Crippen molar-refractivity contribution < 1.29 is 15.4 Å². The van der Waals surface area contributed by atoms with Crippen LogP contribution in [0.5, 0.6) is 0 Å². The van der Waals surface area contributed by atoms with Gasteiger partial charge in [-0.1, -0.05) is 11.6 Å². The first kappa shape index (κ1) is 16.9. The number of aliphatic hydroxyl groups is 1. The zero-order chi connectivity index (χ0) is 15.7. The number of pyridine rings is 1. The zero-order valence-corrected chi connectivity index (χ0v) is 12.0. The van der Waals surface area contributed by atoms with Crippen molar-refractivity contribution in [2.45, 2.75) is 12.8 Å². The number of nitrogens with one attached hydrogen (secondary N) is 1. The van der Waals surface area contributed by atoms with E-state index in [1.54, 1.807) is 6.20 Å². The summed E-state index contributed by atoms with van der Waals surface area (Å²) in [4.78, 5) is 12.6. The second-order valence-corrected chi connectivity index (χ2v) is 4.55. The molecule has 1 aromatic heterocycles. The molecule has 0 fully saturated rings. The van der Waals surface area contributed by atoms with Crippen molar-refractivity contribution in [3.8, 4) is 0 Å². The van der Waals surface area contributed by atoms with Crippen molar-refractivity contribution in [1.82, 2.24) is 4.98 Å². The number of unbranched alkanes of at least 4 members (excludes halogenated alkanes) is 1. The quantitative estimate of drug-likeness (QED) is 0.445. The van der Waals surface area contributed by atoms with E-state index in [2.05, 4.69) is 10.3 Å². The van der Waals surface area contributed by atoms with E-state index in [1.165, 1.54) is 0 Å². The van der Waals surface area contributed by atoms with E-state index in [0.717, 1.165) is 36.0 Å². The Balaban J connectivity index is 0.000000491. The lowest BCUT2D eigenvalue weighted by molar-refractivity contribution is -0.742. The van der Waals surface area contributed by atoms with Crippen molar-refractivity contribution in [2.24, 2.45) is 0 Å². The normalized spacial score (nSPS) is 9.81. The molecule has 2 rings (SSSR count). The number of halogens is 1. The Bertz CT molecular complexity index is 591. The minimum atomic E-state index is -1.50. The molecule has 1 aromatic carbocycles. The van der Waals surface area contributed by atoms with Crippen LogP contribution in [0.2, 0.25) is 5.02 Å². The molecule has 0 aliphatic carbocycles. The van der Waals surface area contributed by atoms with Crippen LogP contribution < -0.4 is 5.32 Å². The van der Waals surface area contributed by atoms with Crippen LogP contribution in [0.4, 0.5) is 5.69 Å². The van der Waals surface area contributed by atoms with E-state index in [-0.39, 0.29) is 6.61 Å². The molecule has 21 heavy (non-hydrogen) atoms. The van der Waals surface area contributed by atoms with E-state index in [1.807, 2.05) is 24.3 Å². The smallest absolute Gasteiger partial charge is 0.291 e. The summed E-state index contributed by atoms with van der Waals surface area (Å²) in [6.07, 6.45) is 3.54. The van der Waals surface area contributed by atoms with Crippen LogP contribution in [0, 0.1) is 10.1 Å². The van der Waals surface area contributed by atoms with Gasteiger partial charge in [-0.2, -0.15) is 0 Å². The third kappa shape index (κ3) is 6.24. The fourth-order valence-corrected chi connectivity index (χ4v) is 1.90. The van der Waals surface area contributed by atoms with E-state index in [0.29, 0.717) is 5.02 Å². The maximum Gasteiger partial charge on any atom is 0.291 e. The fourth-order valence-electron chi connectivity index (χ4n) is 1.74. The third-order valence-corrected chi connectivity index (χ3v) is 2.84. The number of benzene rings is 1. The van der Waals surface area contributed by atoms with Crippen molar-refractivity contribution in [3.05, 3.63) is 45.6 Å². The second kappa shape index (κ2) is 8.93. The molecule has 0 radical (unpaired) electrons. The van der Waals surface area contributed by atoms with Crippen molar-refractivity contribution in [3.63, 3.8) is 0 Å². The minimum absolute atomic E-state index is 0.244. The SMILES string of the molecule is O=[N+]([O-])O.OCCCCNc1ccnc2cc(Cl)ccc12. The zero-order valence-electron chi connectivity index (χ0n) is 11.2. The summed E-state index contributed by atoms with van der Waals surface area (Å²) >= 11 is 5.93. The molecule has 0 saturated heterocycles. The van der Waals surface area contributed by atoms with Crippen LogP contribution in [0.15, 0.2) is 30.5 Å². The number of nitrogens with zero attached hydrogens (tertiary/aromatic N) is 2. The summed E-state index contributed by atoms with van der Waals surface area (Å²) in [5.41, 5.74) is 1.95. The Hall–Kier alpha value is -2.12. The number of hydrogen-bond acceptors (Lipinski definition) is 5. The maximum absolute atomic E-state index is 8.71. The molecule has 2 aromatic rings. The first-order valence-electron chi connectivity index (χ1n) is 6.27. The van der Waals surface area contributed by atoms with E-state index >= 15 is 0 Å². The number of aromatic nitrogens is 1. The van der Waals surface area contributed by atoms with Gasteiger partial charge in [0.1, 0.15) is 0 Å². The molecule has 7 nitrogen and oxygen atoms in total. The molecule has 114 valence electrons. The summed E-state index contributed by atoms with van der Waals surface area (Å²) in [5, 5.41) is 27.5. The summed E-state index contributed by atoms with van der Waals surface area (Å²) < 4.78 is 0. The number of anilines is 1. The predicted molar refractivity (Wildman–Crippen MR) is 80.3 cm³/mol. The predicted octanol–water partition coefficient (Wildman–Crippen LogP) is 2.72. The van der Waals surface area contributed by atoms with Crippen LogP contribution in [0.25, 0.3) is 10.9 Å². The molecular formula is C13H16ClN3O4. The second-order valence-electron chi connectivity index (χ2n) is 4.12. The van der Waals surface area contributed by atoms with E-state index < -0.39 is 5.09 Å². The molecule has 8 heteroatoms. The lowest BCUT2D eigenvalue weighted by Crippen LogP contribution is -2.03. The van der Waals surface area contributed by atoms with Gasteiger partial charge >= 0.3 is 0 Å². The van der Waals surface area contributed by atoms with Crippen molar-refractivity contribution >= 4 is 28.2 Å². The Labute approximate surface area is 126 Å². The van der Waals surface area contributed by atoms with Gasteiger partial charge in [0.25, 0.3) is 5.09 Å². The Morgan fingerprint density at radius 3 is 2.71 bits per heavy atom. The van der Waals surface area contributed by atoms with Gasteiger partial charge in [0.05, 0.1) is 5.52 Å². The summed E-state index contributed by atoms with van der Waals surface area (Å²) in [6.45, 7) is 1.09. The lowest BCUT2D eigenvalue weighted by atomic mass is 10.2. The van der Waals surface area contributed by atoms with Gasteiger partial charge in [0.15, 0.2) is 0 Å². The molecular weight excluding hydrogens is 298 g/mol. The summed E-state index contributed by atoms with van der Waals surface area (Å²) in [5.74, 6) is 0. The number of hydrogen-bond donors (Lipinski definition) is 3. The van der Waals surface area contributed by atoms with Gasteiger partial charge in [0.2, 0.25) is 0 Å². The Morgan fingerprint density at radius 1 is 1.33 bits per heavy atom. The average Bonchev–Trinajstić information content (AvgIpc) is 2.42. The Morgan fingerprint density at radius 2 is 2.05 bits per heavy atom. The highest BCUT2D eigenvalue weighted by Crippen LogP contribution is 2.24. The third-order valence-electron chi connectivity index (χ3n) is 2.61. The highest BCUT2D eigenvalue weighted by atomic mass is 35.5. The largest absolute Gasteiger partial charge is 0.396 e. The van der Waals surface area contributed by atoms with Gasteiger partial charge in [-0.25, -0.2) is 0 Å². The molecule has 0 aliphatic heterocycles. The Kier molecular flexibility index (Phi) is 7.20. The molecule has 0 amide bonds. The van der Waals surface area contributed by atoms with Gasteiger partial charge < -0.3 is 15.6 Å². The van der Waals surface area contributed by atoms with Crippen LogP contribution in [-0.2, 0) is 0 Å². The van der Waals surface area contributed by atoms with E-state index in [4.69, 9.17) is 32.0 Å².